The fraction of sp³-hybridized carbons (Fsp3) is 0.238. The van der Waals surface area contributed by atoms with Crippen LogP contribution < -0.4 is 14.9 Å². The molecule has 1 atom stereocenters. The van der Waals surface area contributed by atoms with E-state index in [2.05, 4.69) is 4.98 Å². The number of carbonyl (C=O) groups is 1. The number of nitrogens with two attached hydrogens (primary N) is 1. The molecule has 2 N–H and O–H groups in total. The monoisotopic (exact) mass is 532 g/mol. The van der Waals surface area contributed by atoms with Crippen molar-refractivity contribution in [3.8, 4) is 11.1 Å². The van der Waals surface area contributed by atoms with Crippen molar-refractivity contribution in [2.75, 3.05) is 22.9 Å². The molecule has 35 heavy (non-hydrogen) atoms. The minimum absolute atomic E-state index is 0.0394. The van der Waals surface area contributed by atoms with Crippen LogP contribution in [0.5, 0.6) is 0 Å². The van der Waals surface area contributed by atoms with E-state index >= 15 is 0 Å². The summed E-state index contributed by atoms with van der Waals surface area (Å²) in [5, 5.41) is 4.89. The SMILES string of the molecule is Cc1nc(N2C[C@@H](C(F)(F)F)CN(c3ccc(-c4cc(F)ccc4F)cc3)C2=O)sc1S(N)(=O)=O. The van der Waals surface area contributed by atoms with Crippen molar-refractivity contribution in [3.05, 3.63) is 59.8 Å². The van der Waals surface area contributed by atoms with Crippen LogP contribution in [0.4, 0.5) is 37.6 Å². The minimum Gasteiger partial charge on any atom is -0.293 e. The van der Waals surface area contributed by atoms with Gasteiger partial charge in [0, 0.05) is 24.3 Å². The van der Waals surface area contributed by atoms with Crippen LogP contribution in [0.1, 0.15) is 5.69 Å². The molecule has 0 bridgehead atoms. The molecule has 1 aliphatic rings. The van der Waals surface area contributed by atoms with Gasteiger partial charge in [-0.1, -0.05) is 23.5 Å². The van der Waals surface area contributed by atoms with Gasteiger partial charge in [0.05, 0.1) is 11.6 Å². The fourth-order valence-electron chi connectivity index (χ4n) is 3.67. The first-order chi connectivity index (χ1) is 16.3. The highest BCUT2D eigenvalue weighted by Crippen LogP contribution is 2.38. The Morgan fingerprint density at radius 1 is 1.06 bits per heavy atom. The highest BCUT2D eigenvalue weighted by atomic mass is 32.2. The van der Waals surface area contributed by atoms with E-state index in [4.69, 9.17) is 5.14 Å². The molecule has 0 spiro atoms. The van der Waals surface area contributed by atoms with E-state index in [1.54, 1.807) is 0 Å². The molecule has 0 aliphatic carbocycles. The molecule has 2 amide bonds. The maximum Gasteiger partial charge on any atom is 0.395 e. The number of hydrogen-bond acceptors (Lipinski definition) is 5. The second-order valence-corrected chi connectivity index (χ2v) is 10.6. The van der Waals surface area contributed by atoms with Gasteiger partial charge >= 0.3 is 12.2 Å². The smallest absolute Gasteiger partial charge is 0.293 e. The minimum atomic E-state index is -4.67. The van der Waals surface area contributed by atoms with Crippen molar-refractivity contribution < 1.29 is 35.2 Å². The van der Waals surface area contributed by atoms with Gasteiger partial charge in [-0.2, -0.15) is 13.2 Å². The number of carbonyl (C=O) groups excluding carboxylic acids is 1. The number of alkyl halides is 3. The van der Waals surface area contributed by atoms with Crippen molar-refractivity contribution in [1.29, 1.82) is 0 Å². The molecule has 0 saturated carbocycles. The first-order valence-corrected chi connectivity index (χ1v) is 12.3. The van der Waals surface area contributed by atoms with Crippen LogP contribution in [0.15, 0.2) is 46.7 Å². The predicted octanol–water partition coefficient (Wildman–Crippen LogP) is 4.67. The second-order valence-electron chi connectivity index (χ2n) is 7.83. The lowest BCUT2D eigenvalue weighted by atomic mass is 10.0. The van der Waals surface area contributed by atoms with Crippen molar-refractivity contribution in [2.24, 2.45) is 11.1 Å². The van der Waals surface area contributed by atoms with Crippen LogP contribution in [-0.2, 0) is 10.0 Å². The van der Waals surface area contributed by atoms with Crippen LogP contribution in [-0.4, -0.2) is 38.7 Å². The summed E-state index contributed by atoms with van der Waals surface area (Å²) in [7, 11) is -4.19. The van der Waals surface area contributed by atoms with Crippen molar-refractivity contribution >= 4 is 38.2 Å². The van der Waals surface area contributed by atoms with Crippen molar-refractivity contribution in [1.82, 2.24) is 4.98 Å². The second kappa shape index (κ2) is 8.84. The number of aromatic nitrogens is 1. The number of hydrogen-bond donors (Lipinski definition) is 1. The zero-order valence-corrected chi connectivity index (χ0v) is 19.5. The Morgan fingerprint density at radius 2 is 1.69 bits per heavy atom. The maximum absolute atomic E-state index is 14.1. The zero-order chi connectivity index (χ0) is 25.7. The molecule has 1 saturated heterocycles. The molecule has 0 unspecified atom stereocenters. The summed E-state index contributed by atoms with van der Waals surface area (Å²) in [6, 6.07) is 7.37. The van der Waals surface area contributed by atoms with Crippen LogP contribution in [0.3, 0.4) is 0 Å². The largest absolute Gasteiger partial charge is 0.395 e. The summed E-state index contributed by atoms with van der Waals surface area (Å²) < 4.78 is 91.9. The van der Waals surface area contributed by atoms with Crippen molar-refractivity contribution in [2.45, 2.75) is 17.3 Å². The van der Waals surface area contributed by atoms with E-state index in [9.17, 15) is 35.2 Å². The third-order valence-corrected chi connectivity index (χ3v) is 8.12. The Labute approximate surface area is 200 Å². The Balaban J connectivity index is 1.71. The lowest BCUT2D eigenvalue weighted by Gasteiger charge is -2.39. The molecule has 1 fully saturated rings. The van der Waals surface area contributed by atoms with Crippen molar-refractivity contribution in [3.63, 3.8) is 0 Å². The molecule has 2 aromatic carbocycles. The number of amides is 2. The summed E-state index contributed by atoms with van der Waals surface area (Å²) in [6.45, 7) is -0.140. The Bertz CT molecular complexity index is 1390. The van der Waals surface area contributed by atoms with Gasteiger partial charge in [-0.05, 0) is 42.8 Å². The number of benzene rings is 2. The van der Waals surface area contributed by atoms with Gasteiger partial charge in [0.25, 0.3) is 0 Å². The molecule has 7 nitrogen and oxygen atoms in total. The normalized spacial score (nSPS) is 17.2. The molecular weight excluding hydrogens is 515 g/mol. The number of halogens is 5. The quantitative estimate of drug-likeness (QED) is 0.494. The van der Waals surface area contributed by atoms with Crippen LogP contribution in [0.2, 0.25) is 0 Å². The van der Waals surface area contributed by atoms with E-state index < -0.39 is 52.9 Å². The van der Waals surface area contributed by atoms with Crippen LogP contribution in [0.25, 0.3) is 11.1 Å². The zero-order valence-electron chi connectivity index (χ0n) is 17.9. The summed E-state index contributed by atoms with van der Waals surface area (Å²) >= 11 is 0.499. The fourth-order valence-corrected chi connectivity index (χ4v) is 5.62. The summed E-state index contributed by atoms with van der Waals surface area (Å²) in [5.41, 5.74) is 0.245. The highest BCUT2D eigenvalue weighted by Gasteiger charge is 2.48. The average Bonchev–Trinajstić information content (AvgIpc) is 3.17. The van der Waals surface area contributed by atoms with Gasteiger partial charge in [0.15, 0.2) is 9.34 Å². The first kappa shape index (κ1) is 25.0. The van der Waals surface area contributed by atoms with Gasteiger partial charge in [-0.25, -0.2) is 32.1 Å². The average molecular weight is 533 g/mol. The lowest BCUT2D eigenvalue weighted by molar-refractivity contribution is -0.169. The molecule has 4 rings (SSSR count). The number of aryl methyl sites for hydroxylation is 1. The van der Waals surface area contributed by atoms with Gasteiger partial charge in [0.2, 0.25) is 10.0 Å². The number of rotatable bonds is 4. The third kappa shape index (κ3) is 4.99. The Kier molecular flexibility index (Phi) is 6.32. The number of thiazole rings is 1. The molecule has 3 aromatic rings. The van der Waals surface area contributed by atoms with Gasteiger partial charge in [-0.3, -0.25) is 9.80 Å². The summed E-state index contributed by atoms with van der Waals surface area (Å²) in [5.74, 6) is -3.33. The molecule has 186 valence electrons. The molecule has 0 radical (unpaired) electrons. The van der Waals surface area contributed by atoms with Crippen LogP contribution >= 0.6 is 11.3 Å². The van der Waals surface area contributed by atoms with E-state index in [-0.39, 0.29) is 31.8 Å². The molecule has 1 aromatic heterocycles. The summed E-state index contributed by atoms with van der Waals surface area (Å²) in [6.07, 6.45) is -4.67. The number of sulfonamides is 1. The number of primary sulfonamides is 1. The third-order valence-electron chi connectivity index (χ3n) is 5.38. The highest BCUT2D eigenvalue weighted by molar-refractivity contribution is 7.91. The van der Waals surface area contributed by atoms with Gasteiger partial charge in [-0.15, -0.1) is 0 Å². The number of nitrogens with zero attached hydrogens (tertiary/aromatic N) is 3. The van der Waals surface area contributed by atoms with Crippen LogP contribution in [0, 0.1) is 24.5 Å². The molecule has 2 heterocycles. The van der Waals surface area contributed by atoms with E-state index in [1.165, 1.54) is 31.2 Å². The molecule has 1 aliphatic heterocycles. The Morgan fingerprint density at radius 3 is 2.26 bits per heavy atom. The molecule has 14 heteroatoms. The van der Waals surface area contributed by atoms with Gasteiger partial charge in [0.1, 0.15) is 11.6 Å². The maximum atomic E-state index is 14.1. The predicted molar refractivity (Wildman–Crippen MR) is 120 cm³/mol. The van der Waals surface area contributed by atoms with E-state index in [0.717, 1.165) is 28.0 Å². The lowest BCUT2D eigenvalue weighted by Crippen LogP contribution is -2.57. The van der Waals surface area contributed by atoms with E-state index in [1.807, 2.05) is 0 Å². The summed E-state index contributed by atoms with van der Waals surface area (Å²) in [4.78, 5) is 18.8. The molecular formula is C21H17F5N4O3S2. The first-order valence-electron chi connectivity index (χ1n) is 9.97. The number of urea groups is 1. The van der Waals surface area contributed by atoms with Gasteiger partial charge < -0.3 is 0 Å². The Hall–Kier alpha value is -3.10. The number of anilines is 2. The topological polar surface area (TPSA) is 96.6 Å². The van der Waals surface area contributed by atoms with E-state index in [0.29, 0.717) is 11.3 Å². The standard InChI is InChI=1S/C21H17F5N4O3S2/c1-11-18(35(27,32)33)34-19(28-11)30-10-13(21(24,25)26)9-29(20(30)31)15-5-2-12(3-6-15)16-8-14(22)4-7-17(16)23/h2-8,13H,9-10H2,1H3,(H2,27,32,33)/t13-/m0/s1.